The minimum absolute atomic E-state index is 0.135. The van der Waals surface area contributed by atoms with E-state index in [0.29, 0.717) is 45.4 Å². The minimum Gasteiger partial charge on any atom is -0.490 e. The number of ether oxygens (including phenoxy) is 2. The third-order valence-electron chi connectivity index (χ3n) is 4.44. The lowest BCUT2D eigenvalue weighted by atomic mass is 10.1. The van der Waals surface area contributed by atoms with Crippen LogP contribution in [-0.2, 0) is 13.2 Å². The van der Waals surface area contributed by atoms with Crippen LogP contribution in [0.1, 0.15) is 28.4 Å². The number of anilines is 1. The van der Waals surface area contributed by atoms with Crippen molar-refractivity contribution in [2.75, 3.05) is 11.9 Å². The van der Waals surface area contributed by atoms with Crippen LogP contribution in [-0.4, -0.2) is 17.7 Å². The van der Waals surface area contributed by atoms with Crippen LogP contribution in [0.15, 0.2) is 54.6 Å². The summed E-state index contributed by atoms with van der Waals surface area (Å²) in [6.45, 7) is 2.91. The third kappa shape index (κ3) is 5.97. The van der Waals surface area contributed by atoms with Crippen molar-refractivity contribution in [3.63, 3.8) is 0 Å². The number of halogens is 3. The molecule has 0 radical (unpaired) electrons. The molecule has 0 aliphatic heterocycles. The van der Waals surface area contributed by atoms with E-state index in [9.17, 15) is 9.90 Å². The molecule has 0 bridgehead atoms. The Balaban J connectivity index is 1.79. The van der Waals surface area contributed by atoms with Crippen molar-refractivity contribution >= 4 is 46.5 Å². The van der Waals surface area contributed by atoms with Crippen molar-refractivity contribution in [1.29, 1.82) is 0 Å². The summed E-state index contributed by atoms with van der Waals surface area (Å²) in [7, 11) is 0. The van der Waals surface area contributed by atoms with Crippen LogP contribution in [0.3, 0.4) is 0 Å². The Morgan fingerprint density at radius 3 is 2.35 bits per heavy atom. The normalized spacial score (nSPS) is 10.6. The maximum Gasteiger partial charge on any atom is 0.335 e. The molecule has 3 aromatic carbocycles. The highest BCUT2D eigenvalue weighted by molar-refractivity contribution is 6.33. The number of hydrogen-bond acceptors (Lipinski definition) is 4. The molecule has 0 saturated carbocycles. The van der Waals surface area contributed by atoms with Gasteiger partial charge in [-0.05, 0) is 42.8 Å². The molecule has 3 aromatic rings. The molecular weight excluding hydrogens is 461 g/mol. The fourth-order valence-corrected chi connectivity index (χ4v) is 3.44. The maximum atomic E-state index is 11.2. The second kappa shape index (κ2) is 10.6. The van der Waals surface area contributed by atoms with Gasteiger partial charge in [-0.2, -0.15) is 0 Å². The Labute approximate surface area is 195 Å². The van der Waals surface area contributed by atoms with Gasteiger partial charge in [0.2, 0.25) is 0 Å². The Morgan fingerprint density at radius 2 is 1.65 bits per heavy atom. The first-order valence-corrected chi connectivity index (χ1v) is 10.6. The van der Waals surface area contributed by atoms with Crippen molar-refractivity contribution in [1.82, 2.24) is 0 Å². The molecule has 0 amide bonds. The first-order chi connectivity index (χ1) is 14.9. The first-order valence-electron chi connectivity index (χ1n) is 9.47. The molecule has 0 unspecified atom stereocenters. The molecule has 0 aromatic heterocycles. The van der Waals surface area contributed by atoms with Crippen LogP contribution in [0.5, 0.6) is 11.5 Å². The Kier molecular flexibility index (Phi) is 7.91. The molecule has 0 spiro atoms. The van der Waals surface area contributed by atoms with Gasteiger partial charge in [0.25, 0.3) is 0 Å². The quantitative estimate of drug-likeness (QED) is 0.347. The maximum absolute atomic E-state index is 11.2. The average molecular weight is 481 g/mol. The second-order valence-electron chi connectivity index (χ2n) is 6.56. The van der Waals surface area contributed by atoms with Gasteiger partial charge >= 0.3 is 5.97 Å². The van der Waals surface area contributed by atoms with Gasteiger partial charge in [-0.25, -0.2) is 4.79 Å². The highest BCUT2D eigenvalue weighted by Gasteiger charge is 2.13. The zero-order chi connectivity index (χ0) is 22.4. The average Bonchev–Trinajstić information content (AvgIpc) is 2.74. The number of carboxylic acid groups (broad SMARTS) is 1. The lowest BCUT2D eigenvalue weighted by Gasteiger charge is -2.16. The third-order valence-corrected chi connectivity index (χ3v) is 5.49. The monoisotopic (exact) mass is 479 g/mol. The van der Waals surface area contributed by atoms with E-state index in [1.807, 2.05) is 25.1 Å². The summed E-state index contributed by atoms with van der Waals surface area (Å²) in [5, 5.41) is 13.8. The van der Waals surface area contributed by atoms with E-state index in [1.54, 1.807) is 18.2 Å². The van der Waals surface area contributed by atoms with Crippen LogP contribution in [0.2, 0.25) is 15.1 Å². The number of hydrogen-bond donors (Lipinski definition) is 2. The van der Waals surface area contributed by atoms with Crippen molar-refractivity contribution in [3.8, 4) is 11.5 Å². The minimum atomic E-state index is -1.03. The number of aromatic carboxylic acids is 1. The fraction of sp³-hybridized carbons (Fsp3) is 0.174. The highest BCUT2D eigenvalue weighted by atomic mass is 35.5. The van der Waals surface area contributed by atoms with Crippen LogP contribution in [0.4, 0.5) is 5.69 Å². The van der Waals surface area contributed by atoms with Crippen LogP contribution in [0, 0.1) is 0 Å². The smallest absolute Gasteiger partial charge is 0.335 e. The molecule has 5 nitrogen and oxygen atoms in total. The summed E-state index contributed by atoms with van der Waals surface area (Å²) < 4.78 is 11.6. The molecule has 0 aliphatic carbocycles. The van der Waals surface area contributed by atoms with Gasteiger partial charge in [0.1, 0.15) is 6.61 Å². The van der Waals surface area contributed by atoms with Crippen molar-refractivity contribution in [2.45, 2.75) is 20.1 Å². The number of benzene rings is 3. The van der Waals surface area contributed by atoms with E-state index < -0.39 is 5.97 Å². The van der Waals surface area contributed by atoms with Gasteiger partial charge in [-0.15, -0.1) is 0 Å². The standard InChI is InChI=1S/C23H20Cl3NO4/c1-2-30-21-10-16(12-27-20-9-14(23(28)29)7-8-18(20)25)19(26)11-22(21)31-13-15-5-3-4-6-17(15)24/h3-11,27H,2,12-13H2,1H3,(H,28,29). The molecule has 0 saturated heterocycles. The van der Waals surface area contributed by atoms with Gasteiger partial charge < -0.3 is 19.9 Å². The molecular formula is C23H20Cl3NO4. The number of carbonyl (C=O) groups is 1. The van der Waals surface area contributed by atoms with Crippen molar-refractivity contribution < 1.29 is 19.4 Å². The topological polar surface area (TPSA) is 67.8 Å². The molecule has 0 aliphatic rings. The Hall–Kier alpha value is -2.60. The SMILES string of the molecule is CCOc1cc(CNc2cc(C(=O)O)ccc2Cl)c(Cl)cc1OCc1ccccc1Cl. The van der Waals surface area contributed by atoms with Crippen molar-refractivity contribution in [3.05, 3.63) is 86.4 Å². The van der Waals surface area contributed by atoms with E-state index >= 15 is 0 Å². The lowest BCUT2D eigenvalue weighted by Crippen LogP contribution is -2.05. The molecule has 0 atom stereocenters. The summed E-state index contributed by atoms with van der Waals surface area (Å²) in [4.78, 5) is 11.2. The van der Waals surface area contributed by atoms with E-state index in [2.05, 4.69) is 5.32 Å². The molecule has 2 N–H and O–H groups in total. The van der Waals surface area contributed by atoms with Crippen molar-refractivity contribution in [2.24, 2.45) is 0 Å². The first kappa shape index (κ1) is 23.1. The molecule has 8 heteroatoms. The summed E-state index contributed by atoms with van der Waals surface area (Å²) in [6, 6.07) is 15.4. The van der Waals surface area contributed by atoms with Gasteiger partial charge in [0, 0.05) is 28.2 Å². The van der Waals surface area contributed by atoms with E-state index in [4.69, 9.17) is 44.3 Å². The van der Waals surface area contributed by atoms with Gasteiger partial charge in [-0.3, -0.25) is 0 Å². The fourth-order valence-electron chi connectivity index (χ4n) is 2.85. The lowest BCUT2D eigenvalue weighted by molar-refractivity contribution is 0.0697. The molecule has 3 rings (SSSR count). The second-order valence-corrected chi connectivity index (χ2v) is 7.78. The van der Waals surface area contributed by atoms with Crippen LogP contribution < -0.4 is 14.8 Å². The van der Waals surface area contributed by atoms with Gasteiger partial charge in [0.05, 0.1) is 22.9 Å². The molecule has 0 heterocycles. The summed E-state index contributed by atoms with van der Waals surface area (Å²) in [5.74, 6) is 0.0129. The predicted octanol–water partition coefficient (Wildman–Crippen LogP) is 6.93. The molecule has 0 fully saturated rings. The molecule has 31 heavy (non-hydrogen) atoms. The van der Waals surface area contributed by atoms with E-state index in [0.717, 1.165) is 11.1 Å². The largest absolute Gasteiger partial charge is 0.490 e. The predicted molar refractivity (Wildman–Crippen MR) is 124 cm³/mol. The highest BCUT2D eigenvalue weighted by Crippen LogP contribution is 2.35. The van der Waals surface area contributed by atoms with Crippen LogP contribution in [0.25, 0.3) is 0 Å². The molecule has 162 valence electrons. The summed E-state index contributed by atoms with van der Waals surface area (Å²) >= 11 is 18.9. The van der Waals surface area contributed by atoms with Gasteiger partial charge in [0.15, 0.2) is 11.5 Å². The van der Waals surface area contributed by atoms with E-state index in [-0.39, 0.29) is 12.2 Å². The number of carboxylic acids is 1. The Morgan fingerprint density at radius 1 is 0.903 bits per heavy atom. The van der Waals surface area contributed by atoms with Crippen LogP contribution >= 0.6 is 34.8 Å². The summed E-state index contributed by atoms with van der Waals surface area (Å²) in [5.41, 5.74) is 2.22. The van der Waals surface area contributed by atoms with Gasteiger partial charge in [-0.1, -0.05) is 53.0 Å². The zero-order valence-corrected chi connectivity index (χ0v) is 18.9. The summed E-state index contributed by atoms with van der Waals surface area (Å²) in [6.07, 6.45) is 0. The number of nitrogens with one attached hydrogen (secondary N) is 1. The van der Waals surface area contributed by atoms with E-state index in [1.165, 1.54) is 18.2 Å². The Bertz CT molecular complexity index is 1090. The number of rotatable bonds is 9. The zero-order valence-electron chi connectivity index (χ0n) is 16.6.